The number of rotatable bonds is 7. The summed E-state index contributed by atoms with van der Waals surface area (Å²) in [6.07, 6.45) is 1.03. The molecule has 0 saturated carbocycles. The van der Waals surface area contributed by atoms with Gasteiger partial charge in [-0.25, -0.2) is 4.68 Å². The Balaban J connectivity index is 1.29. The van der Waals surface area contributed by atoms with E-state index in [1.165, 1.54) is 5.56 Å². The summed E-state index contributed by atoms with van der Waals surface area (Å²) in [5.74, 6) is 2.25. The van der Waals surface area contributed by atoms with Gasteiger partial charge >= 0.3 is 0 Å². The van der Waals surface area contributed by atoms with E-state index in [9.17, 15) is 0 Å². The van der Waals surface area contributed by atoms with Crippen LogP contribution >= 0.6 is 0 Å². The molecule has 4 rings (SSSR count). The van der Waals surface area contributed by atoms with Crippen molar-refractivity contribution >= 4 is 0 Å². The highest BCUT2D eigenvalue weighted by molar-refractivity contribution is 5.54. The summed E-state index contributed by atoms with van der Waals surface area (Å²) in [6, 6.07) is 8.16. The molecule has 1 saturated heterocycles. The molecule has 2 aromatic heterocycles. The summed E-state index contributed by atoms with van der Waals surface area (Å²) < 4.78 is 7.36. The molecule has 1 aliphatic rings. The third-order valence-electron chi connectivity index (χ3n) is 5.01. The molecule has 0 aliphatic carbocycles. The second-order valence-corrected chi connectivity index (χ2v) is 7.25. The first-order valence-electron chi connectivity index (χ1n) is 9.80. The fourth-order valence-corrected chi connectivity index (χ4v) is 3.36. The number of aryl methyl sites for hydroxylation is 2. The van der Waals surface area contributed by atoms with Gasteiger partial charge in [0.15, 0.2) is 5.82 Å². The summed E-state index contributed by atoms with van der Waals surface area (Å²) in [4.78, 5) is 9.29. The number of aromatic nitrogens is 6. The Kier molecular flexibility index (Phi) is 5.73. The lowest BCUT2D eigenvalue weighted by atomic mass is 10.1. The Labute approximate surface area is 164 Å². The zero-order valence-electron chi connectivity index (χ0n) is 16.5. The van der Waals surface area contributed by atoms with E-state index in [-0.39, 0.29) is 0 Å². The summed E-state index contributed by atoms with van der Waals surface area (Å²) >= 11 is 0. The Morgan fingerprint density at radius 1 is 1.00 bits per heavy atom. The maximum atomic E-state index is 5.46. The number of hydrogen-bond acceptors (Lipinski definition) is 8. The van der Waals surface area contributed by atoms with Crippen LogP contribution in [0.2, 0.25) is 0 Å². The molecule has 3 heterocycles. The minimum absolute atomic E-state index is 0.649. The average molecular weight is 382 g/mol. The summed E-state index contributed by atoms with van der Waals surface area (Å²) in [5.41, 5.74) is 2.20. The molecule has 1 fully saturated rings. The Hall–Kier alpha value is -2.65. The summed E-state index contributed by atoms with van der Waals surface area (Å²) in [6.45, 7) is 10.4. The van der Waals surface area contributed by atoms with Crippen LogP contribution in [0.1, 0.15) is 30.6 Å². The lowest BCUT2D eigenvalue weighted by Crippen LogP contribution is -2.45. The number of benzene rings is 1. The zero-order chi connectivity index (χ0) is 19.3. The smallest absolute Gasteiger partial charge is 0.241 e. The van der Waals surface area contributed by atoms with E-state index in [0.29, 0.717) is 18.3 Å². The van der Waals surface area contributed by atoms with Crippen molar-refractivity contribution in [2.45, 2.75) is 39.9 Å². The minimum Gasteiger partial charge on any atom is -0.338 e. The number of hydrogen-bond donors (Lipinski definition) is 0. The normalized spacial score (nSPS) is 15.9. The van der Waals surface area contributed by atoms with Crippen LogP contribution in [0.25, 0.3) is 11.4 Å². The summed E-state index contributed by atoms with van der Waals surface area (Å²) in [5, 5.41) is 16.2. The largest absolute Gasteiger partial charge is 0.338 e. The van der Waals surface area contributed by atoms with Crippen molar-refractivity contribution in [1.29, 1.82) is 0 Å². The molecular formula is C19H26N8O. The fourth-order valence-electron chi connectivity index (χ4n) is 3.36. The van der Waals surface area contributed by atoms with Crippen LogP contribution in [0.5, 0.6) is 0 Å². The predicted molar refractivity (Wildman–Crippen MR) is 103 cm³/mol. The van der Waals surface area contributed by atoms with Crippen LogP contribution in [-0.2, 0) is 19.6 Å². The van der Waals surface area contributed by atoms with Gasteiger partial charge in [-0.15, -0.1) is 5.10 Å². The van der Waals surface area contributed by atoms with Crippen molar-refractivity contribution in [3.05, 3.63) is 41.5 Å². The highest BCUT2D eigenvalue weighted by Gasteiger charge is 2.21. The Bertz CT molecular complexity index is 879. The molecule has 0 N–H and O–H groups in total. The van der Waals surface area contributed by atoms with Gasteiger partial charge in [0.05, 0.1) is 13.1 Å². The van der Waals surface area contributed by atoms with Gasteiger partial charge in [-0.1, -0.05) is 41.9 Å². The quantitative estimate of drug-likeness (QED) is 0.611. The molecule has 28 heavy (non-hydrogen) atoms. The minimum atomic E-state index is 0.649. The zero-order valence-corrected chi connectivity index (χ0v) is 16.5. The topological polar surface area (TPSA) is 89.0 Å². The number of nitrogens with zero attached hydrogens (tertiary/aromatic N) is 8. The SMILES string of the molecule is CCCn1nnnc1CN1CCN(Cc2nc(-c3ccc(C)cc3)no2)CC1. The van der Waals surface area contributed by atoms with Crippen molar-refractivity contribution in [2.75, 3.05) is 26.2 Å². The van der Waals surface area contributed by atoms with Crippen molar-refractivity contribution in [2.24, 2.45) is 0 Å². The molecule has 0 unspecified atom stereocenters. The molecule has 0 radical (unpaired) electrons. The van der Waals surface area contributed by atoms with Crippen LogP contribution in [-0.4, -0.2) is 66.3 Å². The van der Waals surface area contributed by atoms with Crippen LogP contribution in [0.4, 0.5) is 0 Å². The van der Waals surface area contributed by atoms with E-state index in [0.717, 1.165) is 57.1 Å². The standard InChI is InChI=1S/C19H26N8O/c1-3-8-27-17(21-23-24-27)13-25-9-11-26(12-10-25)14-18-20-19(22-28-18)16-6-4-15(2)5-7-16/h4-7H,3,8-14H2,1-2H3. The second kappa shape index (κ2) is 8.57. The van der Waals surface area contributed by atoms with Crippen molar-refractivity contribution in [1.82, 2.24) is 40.1 Å². The highest BCUT2D eigenvalue weighted by atomic mass is 16.5. The molecule has 0 amide bonds. The number of tetrazole rings is 1. The van der Waals surface area contributed by atoms with E-state index in [2.05, 4.69) is 61.4 Å². The first-order valence-corrected chi connectivity index (χ1v) is 9.80. The molecular weight excluding hydrogens is 356 g/mol. The number of piperazine rings is 1. The lowest BCUT2D eigenvalue weighted by molar-refractivity contribution is 0.109. The van der Waals surface area contributed by atoms with Crippen LogP contribution in [0.15, 0.2) is 28.8 Å². The predicted octanol–water partition coefficient (Wildman–Crippen LogP) is 1.76. The van der Waals surface area contributed by atoms with Crippen molar-refractivity contribution in [3.63, 3.8) is 0 Å². The van der Waals surface area contributed by atoms with Gasteiger partial charge in [-0.3, -0.25) is 9.80 Å². The van der Waals surface area contributed by atoms with Crippen molar-refractivity contribution in [3.8, 4) is 11.4 Å². The van der Waals surface area contributed by atoms with Crippen LogP contribution in [0, 0.1) is 6.92 Å². The monoisotopic (exact) mass is 382 g/mol. The molecule has 1 aliphatic heterocycles. The first-order chi connectivity index (χ1) is 13.7. The van der Waals surface area contributed by atoms with Crippen molar-refractivity contribution < 1.29 is 4.52 Å². The van der Waals surface area contributed by atoms with Crippen LogP contribution in [0.3, 0.4) is 0 Å². The van der Waals surface area contributed by atoms with Gasteiger partial charge in [0, 0.05) is 38.3 Å². The molecule has 148 valence electrons. The van der Waals surface area contributed by atoms with Gasteiger partial charge in [0.1, 0.15) is 0 Å². The molecule has 3 aromatic rings. The summed E-state index contributed by atoms with van der Waals surface area (Å²) in [7, 11) is 0. The Morgan fingerprint density at radius 2 is 1.71 bits per heavy atom. The highest BCUT2D eigenvalue weighted by Crippen LogP contribution is 2.17. The second-order valence-electron chi connectivity index (χ2n) is 7.25. The van der Waals surface area contributed by atoms with Gasteiger partial charge in [0.2, 0.25) is 11.7 Å². The molecule has 0 atom stereocenters. The lowest BCUT2D eigenvalue weighted by Gasteiger charge is -2.33. The fraction of sp³-hybridized carbons (Fsp3) is 0.526. The molecule has 1 aromatic carbocycles. The third kappa shape index (κ3) is 4.42. The van der Waals surface area contributed by atoms with Gasteiger partial charge in [-0.2, -0.15) is 4.98 Å². The third-order valence-corrected chi connectivity index (χ3v) is 5.01. The molecule has 9 heteroatoms. The average Bonchev–Trinajstić information content (AvgIpc) is 3.34. The molecule has 9 nitrogen and oxygen atoms in total. The van der Waals surface area contributed by atoms with Gasteiger partial charge < -0.3 is 4.52 Å². The van der Waals surface area contributed by atoms with Gasteiger partial charge in [-0.05, 0) is 23.8 Å². The van der Waals surface area contributed by atoms with E-state index < -0.39 is 0 Å². The van der Waals surface area contributed by atoms with Gasteiger partial charge in [0.25, 0.3) is 0 Å². The van der Waals surface area contributed by atoms with E-state index in [1.54, 1.807) is 0 Å². The van der Waals surface area contributed by atoms with E-state index >= 15 is 0 Å². The first kappa shape index (κ1) is 18.7. The molecule has 0 spiro atoms. The van der Waals surface area contributed by atoms with E-state index in [4.69, 9.17) is 4.52 Å². The van der Waals surface area contributed by atoms with E-state index in [1.807, 2.05) is 16.8 Å². The Morgan fingerprint density at radius 3 is 2.43 bits per heavy atom. The van der Waals surface area contributed by atoms with Crippen LogP contribution < -0.4 is 0 Å². The maximum absolute atomic E-state index is 5.46. The molecule has 0 bridgehead atoms. The maximum Gasteiger partial charge on any atom is 0.241 e.